The molecule has 0 aromatic carbocycles. The Balaban J connectivity index is 2.19. The summed E-state index contributed by atoms with van der Waals surface area (Å²) in [5, 5.41) is 3.88. The van der Waals surface area contributed by atoms with Crippen LogP contribution in [0.5, 0.6) is 0 Å². The lowest BCUT2D eigenvalue weighted by Gasteiger charge is -2.26. The summed E-state index contributed by atoms with van der Waals surface area (Å²) in [6.45, 7) is 7.80. The molecule has 1 fully saturated rings. The summed E-state index contributed by atoms with van der Waals surface area (Å²) in [5.74, 6) is 0.198. The van der Waals surface area contributed by atoms with Crippen LogP contribution < -0.4 is 0 Å². The fraction of sp³-hybridized carbons (Fsp3) is 0.714. The number of hydrogen-bond donors (Lipinski definition) is 0. The molecule has 1 unspecified atom stereocenters. The van der Waals surface area contributed by atoms with Crippen LogP contribution in [-0.4, -0.2) is 33.3 Å². The Morgan fingerprint density at radius 3 is 2.70 bits per heavy atom. The van der Waals surface area contributed by atoms with Crippen molar-refractivity contribution >= 4 is 11.7 Å². The van der Waals surface area contributed by atoms with Gasteiger partial charge in [0.1, 0.15) is 0 Å². The lowest BCUT2D eigenvalue weighted by molar-refractivity contribution is -0.150. The second kappa shape index (κ2) is 5.34. The molecule has 1 amide bonds. The van der Waals surface area contributed by atoms with Crippen LogP contribution in [0.4, 0.5) is 0 Å². The molecule has 1 aromatic heterocycles. The van der Waals surface area contributed by atoms with Crippen molar-refractivity contribution in [1.29, 1.82) is 0 Å². The van der Waals surface area contributed by atoms with Gasteiger partial charge < -0.3 is 9.42 Å². The number of ketones is 1. The van der Waals surface area contributed by atoms with Crippen molar-refractivity contribution in [3.63, 3.8) is 0 Å². The molecule has 2 rings (SSSR count). The summed E-state index contributed by atoms with van der Waals surface area (Å²) in [4.78, 5) is 30.5. The smallest absolute Gasteiger partial charge is 0.291 e. The number of nitrogens with zero attached hydrogens (tertiary/aromatic N) is 3. The minimum atomic E-state index is -0.628. The van der Waals surface area contributed by atoms with Crippen LogP contribution in [0.1, 0.15) is 57.8 Å². The first-order chi connectivity index (χ1) is 9.36. The zero-order chi connectivity index (χ0) is 14.9. The number of Topliss-reactive ketones (excluding diaryl/α,β-unsaturated/α-hetero) is 1. The summed E-state index contributed by atoms with van der Waals surface area (Å²) in [6.07, 6.45) is 2.26. The third kappa shape index (κ3) is 2.59. The Morgan fingerprint density at radius 2 is 2.15 bits per heavy atom. The molecule has 1 aliphatic heterocycles. The van der Waals surface area contributed by atoms with E-state index in [9.17, 15) is 9.59 Å². The molecule has 1 aromatic rings. The summed E-state index contributed by atoms with van der Waals surface area (Å²) < 4.78 is 4.97. The van der Waals surface area contributed by atoms with Gasteiger partial charge in [0.25, 0.3) is 5.91 Å². The van der Waals surface area contributed by atoms with E-state index in [-0.39, 0.29) is 11.8 Å². The van der Waals surface area contributed by atoms with Gasteiger partial charge in [-0.1, -0.05) is 25.9 Å². The largest absolute Gasteiger partial charge is 0.340 e. The average Bonchev–Trinajstić information content (AvgIpc) is 3.05. The predicted octanol–water partition coefficient (Wildman–Crippen LogP) is 2.05. The minimum absolute atomic E-state index is 0.239. The molecule has 6 nitrogen and oxygen atoms in total. The van der Waals surface area contributed by atoms with Crippen molar-refractivity contribution in [2.75, 3.05) is 6.54 Å². The van der Waals surface area contributed by atoms with E-state index >= 15 is 0 Å². The third-order valence-corrected chi connectivity index (χ3v) is 4.05. The maximum absolute atomic E-state index is 12.4. The molecule has 2 heterocycles. The van der Waals surface area contributed by atoms with Crippen LogP contribution in [0.15, 0.2) is 4.52 Å². The van der Waals surface area contributed by atoms with E-state index in [0.717, 1.165) is 12.8 Å². The highest BCUT2D eigenvalue weighted by Crippen LogP contribution is 2.32. The number of aromatic nitrogens is 2. The van der Waals surface area contributed by atoms with Crippen LogP contribution >= 0.6 is 0 Å². The average molecular weight is 279 g/mol. The minimum Gasteiger partial charge on any atom is -0.340 e. The van der Waals surface area contributed by atoms with E-state index in [0.29, 0.717) is 24.7 Å². The molecular weight excluding hydrogens is 258 g/mol. The van der Waals surface area contributed by atoms with Crippen molar-refractivity contribution in [3.8, 4) is 0 Å². The molecule has 0 N–H and O–H groups in total. The maximum atomic E-state index is 12.4. The standard InChI is InChI=1S/C14H21N3O3/c1-5-14(3,4)11(18)13(19)17-8-6-7-10(17)12-15-9(2)20-16-12/h10H,5-8H2,1-4H3. The van der Waals surface area contributed by atoms with Gasteiger partial charge in [-0.25, -0.2) is 0 Å². The van der Waals surface area contributed by atoms with Gasteiger partial charge in [-0.3, -0.25) is 9.59 Å². The monoisotopic (exact) mass is 279 g/mol. The number of carbonyl (C=O) groups is 2. The van der Waals surface area contributed by atoms with Gasteiger partial charge >= 0.3 is 0 Å². The summed E-state index contributed by atoms with van der Waals surface area (Å²) >= 11 is 0. The molecule has 110 valence electrons. The summed E-state index contributed by atoms with van der Waals surface area (Å²) in [6, 6.07) is -0.239. The Hall–Kier alpha value is -1.72. The SMILES string of the molecule is CCC(C)(C)C(=O)C(=O)N1CCCC1c1noc(C)n1. The molecule has 20 heavy (non-hydrogen) atoms. The van der Waals surface area contributed by atoms with Crippen molar-refractivity contribution in [1.82, 2.24) is 15.0 Å². The number of amides is 1. The molecule has 0 saturated carbocycles. The molecule has 0 radical (unpaired) electrons. The fourth-order valence-electron chi connectivity index (χ4n) is 2.31. The molecule has 6 heteroatoms. The number of carbonyl (C=O) groups excluding carboxylic acids is 2. The van der Waals surface area contributed by atoms with Crippen molar-refractivity contribution in [3.05, 3.63) is 11.7 Å². The van der Waals surface area contributed by atoms with Crippen molar-refractivity contribution in [2.45, 2.75) is 53.0 Å². The number of rotatable bonds is 4. The second-order valence-electron chi connectivity index (χ2n) is 5.89. The number of aryl methyl sites for hydroxylation is 1. The second-order valence-corrected chi connectivity index (χ2v) is 5.89. The fourth-order valence-corrected chi connectivity index (χ4v) is 2.31. The Labute approximate surface area is 118 Å². The summed E-state index contributed by atoms with van der Waals surface area (Å²) in [5.41, 5.74) is -0.628. The highest BCUT2D eigenvalue weighted by molar-refractivity contribution is 6.38. The van der Waals surface area contributed by atoms with Gasteiger partial charge in [0.2, 0.25) is 11.7 Å². The van der Waals surface area contributed by atoms with E-state index in [4.69, 9.17) is 4.52 Å². The molecule has 1 atom stereocenters. The first-order valence-corrected chi connectivity index (χ1v) is 7.02. The van der Waals surface area contributed by atoms with E-state index < -0.39 is 11.3 Å². The Bertz CT molecular complexity index is 521. The first kappa shape index (κ1) is 14.7. The van der Waals surface area contributed by atoms with Gasteiger partial charge in [0, 0.05) is 18.9 Å². The normalized spacial score (nSPS) is 19.4. The lowest BCUT2D eigenvalue weighted by atomic mass is 9.84. The number of likely N-dealkylation sites (tertiary alicyclic amines) is 1. The highest BCUT2D eigenvalue weighted by atomic mass is 16.5. The van der Waals surface area contributed by atoms with Gasteiger partial charge in [0.05, 0.1) is 6.04 Å². The van der Waals surface area contributed by atoms with Crippen molar-refractivity contribution < 1.29 is 14.1 Å². The Kier molecular flexibility index (Phi) is 3.92. The number of hydrogen-bond acceptors (Lipinski definition) is 5. The van der Waals surface area contributed by atoms with Gasteiger partial charge in [-0.2, -0.15) is 4.98 Å². The lowest BCUT2D eigenvalue weighted by Crippen LogP contribution is -2.42. The van der Waals surface area contributed by atoms with Crippen LogP contribution in [-0.2, 0) is 9.59 Å². The predicted molar refractivity (Wildman–Crippen MR) is 71.8 cm³/mol. The van der Waals surface area contributed by atoms with Gasteiger partial charge in [0.15, 0.2) is 5.82 Å². The molecule has 0 aliphatic carbocycles. The highest BCUT2D eigenvalue weighted by Gasteiger charge is 2.40. The quantitative estimate of drug-likeness (QED) is 0.788. The molecule has 1 aliphatic rings. The van der Waals surface area contributed by atoms with E-state index in [2.05, 4.69) is 10.1 Å². The summed E-state index contributed by atoms with van der Waals surface area (Å²) in [7, 11) is 0. The first-order valence-electron chi connectivity index (χ1n) is 7.02. The van der Waals surface area contributed by atoms with Crippen LogP contribution in [0, 0.1) is 12.3 Å². The topological polar surface area (TPSA) is 76.3 Å². The van der Waals surface area contributed by atoms with E-state index in [1.165, 1.54) is 0 Å². The molecule has 1 saturated heterocycles. The Morgan fingerprint density at radius 1 is 1.45 bits per heavy atom. The van der Waals surface area contributed by atoms with Crippen LogP contribution in [0.25, 0.3) is 0 Å². The van der Waals surface area contributed by atoms with Crippen molar-refractivity contribution in [2.24, 2.45) is 5.41 Å². The molecule has 0 spiro atoms. The van der Waals surface area contributed by atoms with E-state index in [1.807, 2.05) is 6.92 Å². The molecular formula is C14H21N3O3. The molecule has 0 bridgehead atoms. The maximum Gasteiger partial charge on any atom is 0.291 e. The van der Waals surface area contributed by atoms with Gasteiger partial charge in [-0.15, -0.1) is 0 Å². The van der Waals surface area contributed by atoms with Crippen LogP contribution in [0.2, 0.25) is 0 Å². The van der Waals surface area contributed by atoms with E-state index in [1.54, 1.807) is 25.7 Å². The zero-order valence-corrected chi connectivity index (χ0v) is 12.5. The zero-order valence-electron chi connectivity index (χ0n) is 12.5. The van der Waals surface area contributed by atoms with Gasteiger partial charge in [-0.05, 0) is 19.3 Å². The van der Waals surface area contributed by atoms with Crippen LogP contribution in [0.3, 0.4) is 0 Å². The third-order valence-electron chi connectivity index (χ3n) is 4.05.